The van der Waals surface area contributed by atoms with Gasteiger partial charge in [-0.05, 0) is 73.8 Å². The number of aliphatic imine (C=N–C) groups is 1. The monoisotopic (exact) mass is 517 g/mol. The van der Waals surface area contributed by atoms with Gasteiger partial charge in [0, 0.05) is 18.0 Å². The van der Waals surface area contributed by atoms with Gasteiger partial charge in [-0.1, -0.05) is 17.7 Å². The van der Waals surface area contributed by atoms with E-state index in [1.807, 2.05) is 11.8 Å². The lowest BCUT2D eigenvalue weighted by molar-refractivity contribution is 0.0920. The number of carbonyl (C=O) groups is 2. The molecular weight excluding hydrogens is 490 g/mol. The average Bonchev–Trinajstić information content (AvgIpc) is 2.87. The van der Waals surface area contributed by atoms with Crippen molar-refractivity contribution in [3.8, 4) is 11.6 Å². The molecular formula is C25H28ClN3O5S. The number of hydrogen-bond donors (Lipinski definition) is 3. The molecule has 8 nitrogen and oxygen atoms in total. The topological polar surface area (TPSA) is 121 Å². The minimum Gasteiger partial charge on any atom is -0.507 e. The third kappa shape index (κ3) is 6.74. The maximum Gasteiger partial charge on any atom is 0.280 e. The molecule has 2 amide bonds. The van der Waals surface area contributed by atoms with Gasteiger partial charge in [0.2, 0.25) is 5.88 Å². The van der Waals surface area contributed by atoms with Crippen LogP contribution in [-0.2, 0) is 6.61 Å². The molecule has 1 saturated carbocycles. The Morgan fingerprint density at radius 3 is 2.60 bits per heavy atom. The smallest absolute Gasteiger partial charge is 0.280 e. The maximum absolute atomic E-state index is 13.0. The summed E-state index contributed by atoms with van der Waals surface area (Å²) in [6, 6.07) is 5.87. The van der Waals surface area contributed by atoms with Crippen molar-refractivity contribution in [2.24, 2.45) is 4.99 Å². The molecule has 0 spiro atoms. The highest BCUT2D eigenvalue weighted by Gasteiger charge is 2.25. The van der Waals surface area contributed by atoms with Crippen molar-refractivity contribution in [3.63, 3.8) is 0 Å². The van der Waals surface area contributed by atoms with Gasteiger partial charge in [0.25, 0.3) is 11.8 Å². The molecule has 0 radical (unpaired) electrons. The second-order valence-electron chi connectivity index (χ2n) is 8.68. The highest BCUT2D eigenvalue weighted by atomic mass is 35.5. The highest BCUT2D eigenvalue weighted by molar-refractivity contribution is 7.99. The molecule has 0 unspecified atom stereocenters. The molecule has 1 aromatic carbocycles. The van der Waals surface area contributed by atoms with E-state index in [1.165, 1.54) is 18.3 Å². The summed E-state index contributed by atoms with van der Waals surface area (Å²) in [5, 5.41) is 22.7. The number of hydrogen-bond acceptors (Lipinski definition) is 7. The number of benzene rings is 1. The number of halogens is 1. The Bertz CT molecular complexity index is 1110. The Balaban J connectivity index is 1.36. The Hall–Kier alpha value is -2.62. The second kappa shape index (κ2) is 11.9. The van der Waals surface area contributed by atoms with Gasteiger partial charge in [-0.25, -0.2) is 9.98 Å². The largest absolute Gasteiger partial charge is 0.507 e. The van der Waals surface area contributed by atoms with E-state index >= 15 is 0 Å². The Labute approximate surface area is 213 Å². The van der Waals surface area contributed by atoms with Gasteiger partial charge in [0.15, 0.2) is 0 Å². The number of aromatic nitrogens is 1. The van der Waals surface area contributed by atoms with Gasteiger partial charge < -0.3 is 20.3 Å². The number of pyridine rings is 1. The summed E-state index contributed by atoms with van der Waals surface area (Å²) in [5.41, 5.74) is 1.64. The van der Waals surface area contributed by atoms with Crippen LogP contribution >= 0.6 is 23.4 Å². The molecule has 10 heteroatoms. The average molecular weight is 518 g/mol. The number of thioether (sulfide) groups is 1. The molecule has 2 fully saturated rings. The zero-order valence-corrected chi connectivity index (χ0v) is 20.8. The van der Waals surface area contributed by atoms with Crippen LogP contribution in [-0.4, -0.2) is 56.4 Å². The summed E-state index contributed by atoms with van der Waals surface area (Å²) < 4.78 is 6.04. The van der Waals surface area contributed by atoms with Gasteiger partial charge in [-0.3, -0.25) is 9.59 Å². The highest BCUT2D eigenvalue weighted by Crippen LogP contribution is 2.27. The van der Waals surface area contributed by atoms with Crippen molar-refractivity contribution in [2.75, 3.05) is 11.5 Å². The normalized spacial score (nSPS) is 18.7. The molecule has 1 aliphatic carbocycles. The van der Waals surface area contributed by atoms with Crippen LogP contribution < -0.4 is 10.1 Å². The Morgan fingerprint density at radius 1 is 1.14 bits per heavy atom. The number of ether oxygens (including phenoxy) is 1. The molecule has 35 heavy (non-hydrogen) atoms. The predicted molar refractivity (Wildman–Crippen MR) is 136 cm³/mol. The maximum atomic E-state index is 13.0. The molecule has 1 aromatic heterocycles. The van der Waals surface area contributed by atoms with Crippen LogP contribution in [0.3, 0.4) is 0 Å². The van der Waals surface area contributed by atoms with Crippen LogP contribution in [0, 0.1) is 0 Å². The third-order valence-corrected chi connectivity index (χ3v) is 7.40. The number of nitrogens with zero attached hydrogens (tertiary/aromatic N) is 2. The fourth-order valence-electron chi connectivity index (χ4n) is 4.16. The first-order valence-electron chi connectivity index (χ1n) is 11.7. The quantitative estimate of drug-likeness (QED) is 0.526. The van der Waals surface area contributed by atoms with Crippen LogP contribution in [0.5, 0.6) is 11.6 Å². The lowest BCUT2D eigenvalue weighted by Gasteiger charge is -2.25. The van der Waals surface area contributed by atoms with Crippen LogP contribution in [0.4, 0.5) is 0 Å². The predicted octanol–water partition coefficient (Wildman–Crippen LogP) is 4.16. The van der Waals surface area contributed by atoms with Crippen molar-refractivity contribution in [2.45, 2.75) is 57.3 Å². The van der Waals surface area contributed by atoms with E-state index in [0.29, 0.717) is 47.7 Å². The Kier molecular flexibility index (Phi) is 8.64. The molecule has 2 heterocycles. The number of aliphatic hydroxyl groups excluding tert-OH is 1. The first-order valence-corrected chi connectivity index (χ1v) is 13.2. The zero-order chi connectivity index (χ0) is 24.8. The SMILES string of the molecule is O=C(N=C1CCC(NC(=O)c2cc(Cl)cnc2OC2CCSCC2)CC1)c1cc(CO)ccc1O. The standard InChI is InChI=1S/C25H28ClN3O5S/c26-16-12-21(25(27-13-16)34-19-7-9-35-10-8-19)24(33)29-18-4-2-17(3-5-18)28-23(32)20-11-15(14-30)1-6-22(20)31/h1,6,11-13,18-19,30-31H,2-5,7-10,14H2,(H,29,33). The first kappa shape index (κ1) is 25.5. The minimum atomic E-state index is -0.539. The van der Waals surface area contributed by atoms with Crippen molar-refractivity contribution >= 4 is 40.9 Å². The number of aliphatic hydroxyl groups is 1. The van der Waals surface area contributed by atoms with Gasteiger partial charge in [-0.15, -0.1) is 0 Å². The Morgan fingerprint density at radius 2 is 1.89 bits per heavy atom. The number of phenols is 1. The minimum absolute atomic E-state index is 0.0416. The molecule has 2 aliphatic rings. The van der Waals surface area contributed by atoms with E-state index in [4.69, 9.17) is 16.3 Å². The molecule has 2 aromatic rings. The number of nitrogens with one attached hydrogen (secondary N) is 1. The second-order valence-corrected chi connectivity index (χ2v) is 10.3. The van der Waals surface area contributed by atoms with Crippen molar-refractivity contribution < 1.29 is 24.5 Å². The number of amides is 2. The van der Waals surface area contributed by atoms with Crippen LogP contribution in [0.25, 0.3) is 0 Å². The molecule has 1 aliphatic heterocycles. The number of aromatic hydroxyl groups is 1. The van der Waals surface area contributed by atoms with E-state index in [-0.39, 0.29) is 36.0 Å². The molecule has 0 atom stereocenters. The fraction of sp³-hybridized carbons (Fsp3) is 0.440. The summed E-state index contributed by atoms with van der Waals surface area (Å²) in [4.78, 5) is 34.0. The van der Waals surface area contributed by atoms with E-state index in [1.54, 1.807) is 12.1 Å². The number of rotatable bonds is 6. The zero-order valence-electron chi connectivity index (χ0n) is 19.2. The van der Waals surface area contributed by atoms with E-state index in [9.17, 15) is 19.8 Å². The summed E-state index contributed by atoms with van der Waals surface area (Å²) in [7, 11) is 0. The van der Waals surface area contributed by atoms with E-state index < -0.39 is 5.91 Å². The fourth-order valence-corrected chi connectivity index (χ4v) is 5.38. The lowest BCUT2D eigenvalue weighted by Crippen LogP contribution is -2.38. The number of carbonyl (C=O) groups excluding carboxylic acids is 2. The molecule has 0 bridgehead atoms. The van der Waals surface area contributed by atoms with Crippen LogP contribution in [0.15, 0.2) is 35.5 Å². The lowest BCUT2D eigenvalue weighted by atomic mass is 9.93. The van der Waals surface area contributed by atoms with Crippen molar-refractivity contribution in [3.05, 3.63) is 52.2 Å². The van der Waals surface area contributed by atoms with Gasteiger partial charge >= 0.3 is 0 Å². The third-order valence-electron chi connectivity index (χ3n) is 6.14. The summed E-state index contributed by atoms with van der Waals surface area (Å²) in [6.45, 7) is -0.229. The van der Waals surface area contributed by atoms with Crippen LogP contribution in [0.2, 0.25) is 5.02 Å². The summed E-state index contributed by atoms with van der Waals surface area (Å²) in [6.07, 6.45) is 5.72. The van der Waals surface area contributed by atoms with Gasteiger partial charge in [0.1, 0.15) is 17.4 Å². The van der Waals surface area contributed by atoms with Crippen molar-refractivity contribution in [1.29, 1.82) is 0 Å². The van der Waals surface area contributed by atoms with E-state index in [0.717, 1.165) is 30.1 Å². The molecule has 3 N–H and O–H groups in total. The van der Waals surface area contributed by atoms with Gasteiger partial charge in [0.05, 0.1) is 17.2 Å². The summed E-state index contributed by atoms with van der Waals surface area (Å²) >= 11 is 8.01. The molecule has 186 valence electrons. The van der Waals surface area contributed by atoms with Crippen molar-refractivity contribution in [1.82, 2.24) is 10.3 Å². The van der Waals surface area contributed by atoms with Gasteiger partial charge in [-0.2, -0.15) is 11.8 Å². The molecule has 4 rings (SSSR count). The molecule has 1 saturated heterocycles. The van der Waals surface area contributed by atoms with E-state index in [2.05, 4.69) is 15.3 Å². The summed E-state index contributed by atoms with van der Waals surface area (Å²) in [5.74, 6) is 1.37. The van der Waals surface area contributed by atoms with Crippen LogP contribution in [0.1, 0.15) is 64.8 Å². The number of phenolic OH excluding ortho intramolecular Hbond substituents is 1. The first-order chi connectivity index (χ1) is 16.9.